The smallest absolute Gasteiger partial charge is 0.311 e. The maximum atomic E-state index is 14.2. The summed E-state index contributed by atoms with van der Waals surface area (Å²) in [7, 11) is 3.30. The maximum Gasteiger partial charge on any atom is 0.311 e. The van der Waals surface area contributed by atoms with Gasteiger partial charge in [0.2, 0.25) is 6.41 Å². The summed E-state index contributed by atoms with van der Waals surface area (Å²) in [6.45, 7) is 17.6. The van der Waals surface area contributed by atoms with E-state index in [1.54, 1.807) is 55.4 Å². The molecular weight excluding hydrogens is 680 g/mol. The first kappa shape index (κ1) is 44.9. The highest BCUT2D eigenvalue weighted by Gasteiger charge is 2.52. The molecule has 0 aliphatic carbocycles. The largest absolute Gasteiger partial charge is 0.459 e. The molecule has 3 aliphatic heterocycles. The second kappa shape index (κ2) is 18.0. The number of cyclic esters (lactones) is 1. The van der Waals surface area contributed by atoms with Gasteiger partial charge in [0.25, 0.3) is 0 Å². The Morgan fingerprint density at radius 2 is 1.62 bits per heavy atom. The Balaban J connectivity index is 2.17. The molecule has 15 heteroatoms. The molecule has 3 rings (SSSR count). The number of aliphatic hydroxyl groups is 5. The van der Waals surface area contributed by atoms with Crippen molar-refractivity contribution in [2.45, 2.75) is 185 Å². The Bertz CT molecular complexity index is 1160. The average Bonchev–Trinajstić information content (AvgIpc) is 3.06. The highest BCUT2D eigenvalue weighted by atomic mass is 16.7. The fourth-order valence-corrected chi connectivity index (χ4v) is 8.50. The van der Waals surface area contributed by atoms with Gasteiger partial charge in [-0.25, -0.2) is 0 Å². The molecule has 6 N–H and O–H groups in total. The summed E-state index contributed by atoms with van der Waals surface area (Å²) in [6.07, 6.45) is -8.89. The molecule has 1 amide bonds. The topological polar surface area (TPSA) is 206 Å². The molecule has 0 aromatic rings. The van der Waals surface area contributed by atoms with Gasteiger partial charge < -0.3 is 64.2 Å². The molecule has 52 heavy (non-hydrogen) atoms. The molecule has 0 spiro atoms. The van der Waals surface area contributed by atoms with Gasteiger partial charge >= 0.3 is 5.97 Å². The van der Waals surface area contributed by atoms with Crippen LogP contribution in [0.15, 0.2) is 0 Å². The molecule has 0 saturated carbocycles. The Labute approximate surface area is 309 Å². The zero-order chi connectivity index (χ0) is 39.5. The van der Waals surface area contributed by atoms with Gasteiger partial charge in [0, 0.05) is 32.0 Å². The molecule has 0 bridgehead atoms. The van der Waals surface area contributed by atoms with Crippen LogP contribution >= 0.6 is 0 Å². The lowest BCUT2D eigenvalue weighted by Crippen LogP contribution is -2.60. The minimum absolute atomic E-state index is 0.0999. The third-order valence-corrected chi connectivity index (χ3v) is 11.9. The van der Waals surface area contributed by atoms with E-state index in [4.69, 9.17) is 28.4 Å². The number of rotatable bonds is 8. The first-order valence-electron chi connectivity index (χ1n) is 18.8. The van der Waals surface area contributed by atoms with Crippen LogP contribution in [-0.4, -0.2) is 154 Å². The van der Waals surface area contributed by atoms with Crippen molar-refractivity contribution in [3.05, 3.63) is 0 Å². The van der Waals surface area contributed by atoms with Crippen LogP contribution in [-0.2, 0) is 38.0 Å². The molecule has 0 aromatic heterocycles. The van der Waals surface area contributed by atoms with E-state index < -0.39 is 108 Å². The van der Waals surface area contributed by atoms with Crippen LogP contribution in [0.4, 0.5) is 0 Å². The number of amides is 1. The lowest BCUT2D eigenvalue weighted by molar-refractivity contribution is -0.315. The maximum absolute atomic E-state index is 14.2. The van der Waals surface area contributed by atoms with Crippen LogP contribution in [0.3, 0.4) is 0 Å². The Kier molecular flexibility index (Phi) is 15.5. The van der Waals surface area contributed by atoms with Crippen LogP contribution in [0.2, 0.25) is 0 Å². The molecular formula is C37H68N2O13. The summed E-state index contributed by atoms with van der Waals surface area (Å²) >= 11 is 0. The fraction of sp³-hybridized carbons (Fsp3) is 0.946. The SMILES string of the molecule is CC[C@@H]1OC(=O)[C@H](C)[C@H](O[C@@H]2C[C@](C)(OC)[C@H](O)[C@H](C)O2)[C@@H](C)[C@H](O[C@@H]2O[C@H](C)C[C@H](NC=O)[C@@H]2O)[C@](C)(O)C[C@H](C)CN(C)[C@H](C)[C@@H](O)[C@@]1(C)O. The molecule has 3 saturated heterocycles. The van der Waals surface area contributed by atoms with Crippen molar-refractivity contribution >= 4 is 12.4 Å². The van der Waals surface area contributed by atoms with E-state index in [9.17, 15) is 35.1 Å². The second-order valence-corrected chi connectivity index (χ2v) is 16.5. The normalized spacial score (nSPS) is 49.3. The quantitative estimate of drug-likeness (QED) is 0.152. The van der Waals surface area contributed by atoms with Gasteiger partial charge in [-0.05, 0) is 80.7 Å². The van der Waals surface area contributed by atoms with Crippen molar-refractivity contribution in [3.63, 3.8) is 0 Å². The zero-order valence-corrected chi connectivity index (χ0v) is 33.2. The molecule has 304 valence electrons. The van der Waals surface area contributed by atoms with Crippen LogP contribution in [0.5, 0.6) is 0 Å². The van der Waals surface area contributed by atoms with Gasteiger partial charge in [-0.2, -0.15) is 0 Å². The first-order chi connectivity index (χ1) is 24.0. The predicted octanol–water partition coefficient (Wildman–Crippen LogP) is 1.09. The number of likely N-dealkylation sites (N-methyl/N-ethyl adjacent to an activating group) is 1. The minimum Gasteiger partial charge on any atom is -0.459 e. The van der Waals surface area contributed by atoms with Crippen LogP contribution < -0.4 is 5.32 Å². The van der Waals surface area contributed by atoms with Crippen LogP contribution in [0, 0.1) is 17.8 Å². The van der Waals surface area contributed by atoms with Crippen molar-refractivity contribution < 1.29 is 63.5 Å². The Morgan fingerprint density at radius 1 is 0.981 bits per heavy atom. The van der Waals surface area contributed by atoms with Crippen LogP contribution in [0.1, 0.15) is 94.9 Å². The third-order valence-electron chi connectivity index (χ3n) is 11.9. The van der Waals surface area contributed by atoms with Crippen molar-refractivity contribution in [1.82, 2.24) is 10.2 Å². The van der Waals surface area contributed by atoms with E-state index in [1.807, 2.05) is 18.9 Å². The molecule has 3 aliphatic rings. The summed E-state index contributed by atoms with van der Waals surface area (Å²) in [5.74, 6) is -2.79. The van der Waals surface area contributed by atoms with E-state index in [-0.39, 0.29) is 25.2 Å². The molecule has 0 radical (unpaired) electrons. The highest BCUT2D eigenvalue weighted by Crippen LogP contribution is 2.40. The average molecular weight is 749 g/mol. The number of nitrogens with one attached hydrogen (secondary N) is 1. The number of methoxy groups -OCH3 is 1. The molecule has 15 nitrogen and oxygen atoms in total. The number of esters is 1. The van der Waals surface area contributed by atoms with E-state index in [0.29, 0.717) is 19.4 Å². The van der Waals surface area contributed by atoms with Gasteiger partial charge in [-0.1, -0.05) is 20.8 Å². The van der Waals surface area contributed by atoms with Gasteiger partial charge in [-0.15, -0.1) is 0 Å². The standard InChI is InChI=1S/C37H68N2O13/c1-13-26-37(10,46)30(42)23(6)39(11)17-19(2)15-35(8,45)32(52-34-28(41)25(38-18-40)14-20(3)48-34)21(4)29(22(5)33(44)50-26)51-27-16-36(9,47-12)31(43)24(7)49-27/h18-32,34,41-43,45-46H,13-17H2,1-12H3,(H,38,40)/t19-,20+,21+,22+,23+,24-,25-,26-,27+,28-,29+,30+,31+,32-,34-,35+,36-,37-/m0/s1. The van der Waals surface area contributed by atoms with Gasteiger partial charge in [0.1, 0.15) is 30.0 Å². The van der Waals surface area contributed by atoms with E-state index in [2.05, 4.69) is 5.32 Å². The fourth-order valence-electron chi connectivity index (χ4n) is 8.50. The minimum atomic E-state index is -1.82. The van der Waals surface area contributed by atoms with Gasteiger partial charge in [0.05, 0.1) is 47.6 Å². The first-order valence-corrected chi connectivity index (χ1v) is 18.8. The van der Waals surface area contributed by atoms with Crippen LogP contribution in [0.25, 0.3) is 0 Å². The van der Waals surface area contributed by atoms with E-state index in [1.165, 1.54) is 14.0 Å². The lowest BCUT2D eigenvalue weighted by Gasteiger charge is -2.48. The number of carbonyl (C=O) groups excluding carboxylic acids is 2. The number of ether oxygens (including phenoxy) is 6. The summed E-state index contributed by atoms with van der Waals surface area (Å²) in [5.41, 5.74) is -4.50. The van der Waals surface area contributed by atoms with Crippen molar-refractivity contribution in [2.24, 2.45) is 17.8 Å². The summed E-state index contributed by atoms with van der Waals surface area (Å²) < 4.78 is 37.1. The Morgan fingerprint density at radius 3 is 2.19 bits per heavy atom. The lowest BCUT2D eigenvalue weighted by atomic mass is 9.77. The number of hydrogen-bond donors (Lipinski definition) is 6. The second-order valence-electron chi connectivity index (χ2n) is 16.5. The van der Waals surface area contributed by atoms with Gasteiger partial charge in [-0.3, -0.25) is 9.59 Å². The molecule has 18 atom stereocenters. The number of carbonyl (C=O) groups is 2. The molecule has 3 fully saturated rings. The molecule has 3 heterocycles. The number of hydrogen-bond acceptors (Lipinski definition) is 14. The van der Waals surface area contributed by atoms with Gasteiger partial charge in [0.15, 0.2) is 12.6 Å². The summed E-state index contributed by atoms with van der Waals surface area (Å²) in [5, 5.41) is 60.4. The Hall–Kier alpha value is -1.50. The molecule has 0 aromatic carbocycles. The summed E-state index contributed by atoms with van der Waals surface area (Å²) in [4.78, 5) is 27.4. The van der Waals surface area contributed by atoms with E-state index >= 15 is 0 Å². The van der Waals surface area contributed by atoms with Crippen molar-refractivity contribution in [2.75, 3.05) is 20.7 Å². The van der Waals surface area contributed by atoms with Crippen molar-refractivity contribution in [3.8, 4) is 0 Å². The van der Waals surface area contributed by atoms with E-state index in [0.717, 1.165) is 0 Å². The monoisotopic (exact) mass is 748 g/mol. The molecule has 0 unspecified atom stereocenters. The third kappa shape index (κ3) is 10.0. The predicted molar refractivity (Wildman–Crippen MR) is 190 cm³/mol. The highest BCUT2D eigenvalue weighted by molar-refractivity contribution is 5.73. The zero-order valence-electron chi connectivity index (χ0n) is 33.2. The summed E-state index contributed by atoms with van der Waals surface area (Å²) in [6, 6.07) is -1.24. The number of nitrogens with zero attached hydrogens (tertiary/aromatic N) is 1. The van der Waals surface area contributed by atoms with Crippen molar-refractivity contribution in [1.29, 1.82) is 0 Å². The number of aliphatic hydroxyl groups excluding tert-OH is 3.